The largest absolute Gasteiger partial charge is 0.380 e. The standard InChI is InChI=1S/C14H21N3O4S/c1-10-5-6-12(22(15,19)20)8-13(10)16-14(18)17-7-3-4-11(9-17)21-2/h5-6,8,11H,3-4,7,9H2,1-2H3,(H,16,18)(H2,15,19,20). The molecule has 1 saturated heterocycles. The first kappa shape index (κ1) is 16.7. The van der Waals surface area contributed by atoms with Crippen LogP contribution in [0.5, 0.6) is 0 Å². The van der Waals surface area contributed by atoms with Crippen LogP contribution in [0.4, 0.5) is 10.5 Å². The number of methoxy groups -OCH3 is 1. The Hall–Kier alpha value is -1.64. The molecule has 8 heteroatoms. The van der Waals surface area contributed by atoms with Crippen molar-refractivity contribution in [3.8, 4) is 0 Å². The van der Waals surface area contributed by atoms with Gasteiger partial charge in [-0.1, -0.05) is 6.07 Å². The van der Waals surface area contributed by atoms with Gasteiger partial charge in [0.25, 0.3) is 0 Å². The number of urea groups is 1. The van der Waals surface area contributed by atoms with Crippen molar-refractivity contribution in [3.63, 3.8) is 0 Å². The van der Waals surface area contributed by atoms with Crippen LogP contribution in [0.3, 0.4) is 0 Å². The lowest BCUT2D eigenvalue weighted by Crippen LogP contribution is -2.45. The van der Waals surface area contributed by atoms with Gasteiger partial charge in [0.05, 0.1) is 11.0 Å². The molecular weight excluding hydrogens is 306 g/mol. The predicted molar refractivity (Wildman–Crippen MR) is 83.2 cm³/mol. The van der Waals surface area contributed by atoms with Crippen LogP contribution in [0.1, 0.15) is 18.4 Å². The number of piperidine rings is 1. The Labute approximate surface area is 130 Å². The van der Waals surface area contributed by atoms with E-state index in [4.69, 9.17) is 9.88 Å². The second kappa shape index (κ2) is 6.64. The van der Waals surface area contributed by atoms with Crippen molar-refractivity contribution >= 4 is 21.7 Å². The van der Waals surface area contributed by atoms with Crippen molar-refractivity contribution in [3.05, 3.63) is 23.8 Å². The van der Waals surface area contributed by atoms with Crippen LogP contribution in [0, 0.1) is 6.92 Å². The van der Waals surface area contributed by atoms with Crippen molar-refractivity contribution in [1.29, 1.82) is 0 Å². The number of anilines is 1. The third-order valence-corrected chi connectivity index (χ3v) is 4.69. The zero-order valence-corrected chi connectivity index (χ0v) is 13.5. The van der Waals surface area contributed by atoms with Gasteiger partial charge in [0.15, 0.2) is 0 Å². The lowest BCUT2D eigenvalue weighted by molar-refractivity contribution is 0.0458. The average molecular weight is 327 g/mol. The van der Waals surface area contributed by atoms with Gasteiger partial charge < -0.3 is 15.0 Å². The maximum absolute atomic E-state index is 12.3. The number of carbonyl (C=O) groups excluding carboxylic acids is 1. The highest BCUT2D eigenvalue weighted by atomic mass is 32.2. The second-order valence-electron chi connectivity index (χ2n) is 5.40. The number of carbonyl (C=O) groups is 1. The van der Waals surface area contributed by atoms with Gasteiger partial charge in [-0.2, -0.15) is 0 Å². The fourth-order valence-corrected chi connectivity index (χ4v) is 2.96. The van der Waals surface area contributed by atoms with Crippen LogP contribution in [0.25, 0.3) is 0 Å². The summed E-state index contributed by atoms with van der Waals surface area (Å²) in [5.41, 5.74) is 1.21. The number of aryl methyl sites for hydroxylation is 1. The van der Waals surface area contributed by atoms with E-state index >= 15 is 0 Å². The van der Waals surface area contributed by atoms with E-state index < -0.39 is 10.0 Å². The molecule has 122 valence electrons. The zero-order chi connectivity index (χ0) is 16.3. The molecule has 0 radical (unpaired) electrons. The van der Waals surface area contributed by atoms with Gasteiger partial charge >= 0.3 is 6.03 Å². The number of primary sulfonamides is 1. The van der Waals surface area contributed by atoms with E-state index in [0.29, 0.717) is 18.8 Å². The minimum atomic E-state index is -3.80. The van der Waals surface area contributed by atoms with Crippen LogP contribution < -0.4 is 10.5 Å². The number of hydrogen-bond acceptors (Lipinski definition) is 4. The second-order valence-corrected chi connectivity index (χ2v) is 6.96. The van der Waals surface area contributed by atoms with Crippen molar-refractivity contribution < 1.29 is 17.9 Å². The number of benzene rings is 1. The molecule has 1 atom stereocenters. The summed E-state index contributed by atoms with van der Waals surface area (Å²) in [5, 5.41) is 7.87. The number of nitrogens with zero attached hydrogens (tertiary/aromatic N) is 1. The molecule has 3 N–H and O–H groups in total. The number of ether oxygens (including phenoxy) is 1. The van der Waals surface area contributed by atoms with Gasteiger partial charge in [0.2, 0.25) is 10.0 Å². The first-order chi connectivity index (χ1) is 10.3. The molecule has 0 spiro atoms. The molecule has 2 rings (SSSR count). The van der Waals surface area contributed by atoms with E-state index in [1.54, 1.807) is 25.0 Å². The summed E-state index contributed by atoms with van der Waals surface area (Å²) in [6, 6.07) is 4.14. The summed E-state index contributed by atoms with van der Waals surface area (Å²) < 4.78 is 28.1. The molecule has 1 aliphatic rings. The molecule has 1 aliphatic heterocycles. The highest BCUT2D eigenvalue weighted by Gasteiger charge is 2.24. The molecule has 0 bridgehead atoms. The van der Waals surface area contributed by atoms with E-state index in [2.05, 4.69) is 5.32 Å². The van der Waals surface area contributed by atoms with Gasteiger partial charge in [0, 0.05) is 25.9 Å². The summed E-state index contributed by atoms with van der Waals surface area (Å²) in [4.78, 5) is 14.0. The first-order valence-electron chi connectivity index (χ1n) is 7.03. The Morgan fingerprint density at radius 2 is 2.18 bits per heavy atom. The normalized spacial score (nSPS) is 19.0. The molecule has 7 nitrogen and oxygen atoms in total. The highest BCUT2D eigenvalue weighted by Crippen LogP contribution is 2.21. The fourth-order valence-electron chi connectivity index (χ4n) is 2.42. The molecule has 0 aliphatic carbocycles. The average Bonchev–Trinajstić information content (AvgIpc) is 2.48. The molecule has 1 heterocycles. The smallest absolute Gasteiger partial charge is 0.321 e. The topological polar surface area (TPSA) is 102 Å². The minimum Gasteiger partial charge on any atom is -0.380 e. The van der Waals surface area contributed by atoms with Gasteiger partial charge in [-0.05, 0) is 37.5 Å². The molecule has 22 heavy (non-hydrogen) atoms. The number of nitrogens with one attached hydrogen (secondary N) is 1. The lowest BCUT2D eigenvalue weighted by Gasteiger charge is -2.32. The first-order valence-corrected chi connectivity index (χ1v) is 8.58. The molecule has 0 aromatic heterocycles. The summed E-state index contributed by atoms with van der Waals surface area (Å²) in [7, 11) is -2.17. The molecule has 0 saturated carbocycles. The van der Waals surface area contributed by atoms with Crippen molar-refractivity contribution in [1.82, 2.24) is 4.90 Å². The third-order valence-electron chi connectivity index (χ3n) is 3.78. The highest BCUT2D eigenvalue weighted by molar-refractivity contribution is 7.89. The summed E-state index contributed by atoms with van der Waals surface area (Å²) >= 11 is 0. The van der Waals surface area contributed by atoms with E-state index in [-0.39, 0.29) is 17.0 Å². The van der Waals surface area contributed by atoms with Crippen molar-refractivity contribution in [2.24, 2.45) is 5.14 Å². The maximum atomic E-state index is 12.3. The minimum absolute atomic E-state index is 0.0261. The maximum Gasteiger partial charge on any atom is 0.321 e. The van der Waals surface area contributed by atoms with Crippen LogP contribution in [0.15, 0.2) is 23.1 Å². The Bertz CT molecular complexity index is 660. The number of likely N-dealkylation sites (tertiary alicyclic amines) is 1. The number of rotatable bonds is 3. The van der Waals surface area contributed by atoms with E-state index in [1.165, 1.54) is 12.1 Å². The van der Waals surface area contributed by atoms with Crippen molar-refractivity contribution in [2.45, 2.75) is 30.8 Å². The number of nitrogens with two attached hydrogens (primary N) is 1. The Morgan fingerprint density at radius 1 is 1.45 bits per heavy atom. The molecule has 1 aromatic rings. The Balaban J connectivity index is 2.14. The van der Waals surface area contributed by atoms with E-state index in [0.717, 1.165) is 18.4 Å². The summed E-state index contributed by atoms with van der Waals surface area (Å²) in [6.07, 6.45) is 1.85. The van der Waals surface area contributed by atoms with Crippen LogP contribution in [0.2, 0.25) is 0 Å². The fraction of sp³-hybridized carbons (Fsp3) is 0.500. The molecular formula is C14H21N3O4S. The SMILES string of the molecule is COC1CCCN(C(=O)Nc2cc(S(N)(=O)=O)ccc2C)C1. The number of amides is 2. The van der Waals surface area contributed by atoms with Crippen LogP contribution in [-0.2, 0) is 14.8 Å². The van der Waals surface area contributed by atoms with E-state index in [1.807, 2.05) is 0 Å². The monoisotopic (exact) mass is 327 g/mol. The Kier molecular flexibility index (Phi) is 5.05. The van der Waals surface area contributed by atoms with Gasteiger partial charge in [0.1, 0.15) is 0 Å². The quantitative estimate of drug-likeness (QED) is 0.873. The zero-order valence-electron chi connectivity index (χ0n) is 12.7. The third kappa shape index (κ3) is 3.96. The molecule has 2 amide bonds. The predicted octanol–water partition coefficient (Wildman–Crippen LogP) is 1.29. The molecule has 1 fully saturated rings. The Morgan fingerprint density at radius 3 is 2.82 bits per heavy atom. The lowest BCUT2D eigenvalue weighted by atomic mass is 10.1. The van der Waals surface area contributed by atoms with Crippen LogP contribution >= 0.6 is 0 Å². The van der Waals surface area contributed by atoms with Crippen molar-refractivity contribution in [2.75, 3.05) is 25.5 Å². The summed E-state index contributed by atoms with van der Waals surface area (Å²) in [6.45, 7) is 2.96. The van der Waals surface area contributed by atoms with Gasteiger partial charge in [-0.15, -0.1) is 0 Å². The summed E-state index contributed by atoms with van der Waals surface area (Å²) in [5.74, 6) is 0. The molecule has 1 aromatic carbocycles. The van der Waals surface area contributed by atoms with Crippen LogP contribution in [-0.4, -0.2) is 45.7 Å². The van der Waals surface area contributed by atoms with Gasteiger partial charge in [-0.3, -0.25) is 0 Å². The number of sulfonamides is 1. The molecule has 1 unspecified atom stereocenters. The number of hydrogen-bond donors (Lipinski definition) is 2. The van der Waals surface area contributed by atoms with E-state index in [9.17, 15) is 13.2 Å². The van der Waals surface area contributed by atoms with Gasteiger partial charge in [-0.25, -0.2) is 18.4 Å².